The summed E-state index contributed by atoms with van der Waals surface area (Å²) in [5.41, 5.74) is 0.288. The second kappa shape index (κ2) is 8.10. The summed E-state index contributed by atoms with van der Waals surface area (Å²) < 4.78 is 4.33. The monoisotopic (exact) mass is 212 g/mol. The van der Waals surface area contributed by atoms with Gasteiger partial charge in [-0.2, -0.15) is 0 Å². The number of aliphatic hydroxyl groups excluding tert-OH is 1. The Balaban J connectivity index is 0. The summed E-state index contributed by atoms with van der Waals surface area (Å²) in [6.07, 6.45) is -1.05. The molecule has 0 saturated heterocycles. The van der Waals surface area contributed by atoms with Crippen LogP contribution in [0.2, 0.25) is 0 Å². The molecule has 4 N–H and O–H groups in total. The molecule has 0 amide bonds. The molecule has 0 aliphatic rings. The van der Waals surface area contributed by atoms with Gasteiger partial charge in [0.1, 0.15) is 0 Å². The summed E-state index contributed by atoms with van der Waals surface area (Å²) in [6.45, 7) is 6.20. The van der Waals surface area contributed by atoms with Gasteiger partial charge in [0.2, 0.25) is 0 Å². The Bertz CT molecular complexity index is 164. The molecule has 0 heterocycles. The highest BCUT2D eigenvalue weighted by Crippen LogP contribution is 2.11. The van der Waals surface area contributed by atoms with Crippen LogP contribution in [0, 0.1) is 0 Å². The molecule has 1 unspecified atom stereocenters. The van der Waals surface area contributed by atoms with Gasteiger partial charge in [0.25, 0.3) is 0 Å². The molecule has 0 aromatic heterocycles. The van der Waals surface area contributed by atoms with Crippen LogP contribution in [0.15, 0.2) is 12.2 Å². The minimum absolute atomic E-state index is 0.288. The first kappa shape index (κ1) is 15.0. The predicted molar refractivity (Wildman–Crippen MR) is 46.2 cm³/mol. The molecule has 78 valence electrons. The molecule has 0 fully saturated rings. The van der Waals surface area contributed by atoms with Crippen molar-refractivity contribution in [1.29, 1.82) is 0 Å². The highest BCUT2D eigenvalue weighted by Gasteiger charge is 2.04. The molecule has 0 aromatic carbocycles. The standard InChI is InChI=1S/C6H10O3.H3O3P/c1-4(2)6(8)9-5(3)7;1-4(2)3/h5,7H,1H2,2-3H3;1-3H. The Morgan fingerprint density at radius 1 is 1.46 bits per heavy atom. The molecule has 1 atom stereocenters. The van der Waals surface area contributed by atoms with Crippen LogP contribution in [0.5, 0.6) is 0 Å². The van der Waals surface area contributed by atoms with Crippen LogP contribution in [-0.2, 0) is 9.53 Å². The first-order valence-electron chi connectivity index (χ1n) is 3.18. The molecule has 6 nitrogen and oxygen atoms in total. The Morgan fingerprint density at radius 2 is 1.77 bits per heavy atom. The van der Waals surface area contributed by atoms with Crippen LogP contribution in [-0.4, -0.2) is 32.0 Å². The van der Waals surface area contributed by atoms with Crippen molar-refractivity contribution in [2.75, 3.05) is 0 Å². The second-order valence-corrected chi connectivity index (χ2v) is 2.59. The Morgan fingerprint density at radius 3 is 1.85 bits per heavy atom. The fourth-order valence-corrected chi connectivity index (χ4v) is 0.255. The van der Waals surface area contributed by atoms with Crippen LogP contribution < -0.4 is 0 Å². The Kier molecular flexibility index (Phi) is 9.33. The molecule has 0 radical (unpaired) electrons. The van der Waals surface area contributed by atoms with Gasteiger partial charge in [0, 0.05) is 5.57 Å². The van der Waals surface area contributed by atoms with Crippen LogP contribution >= 0.6 is 8.60 Å². The molecule has 0 saturated carbocycles. The fourth-order valence-electron chi connectivity index (χ4n) is 0.255. The number of ether oxygens (including phenoxy) is 1. The van der Waals surface area contributed by atoms with Crippen LogP contribution in [0.25, 0.3) is 0 Å². The first-order chi connectivity index (χ1) is 5.77. The molecular weight excluding hydrogens is 199 g/mol. The molecule has 0 aromatic rings. The highest BCUT2D eigenvalue weighted by atomic mass is 31.2. The van der Waals surface area contributed by atoms with Crippen molar-refractivity contribution >= 4 is 14.6 Å². The second-order valence-electron chi connectivity index (χ2n) is 2.05. The third-order valence-corrected chi connectivity index (χ3v) is 0.626. The number of carbonyl (C=O) groups is 1. The Labute approximate surface area is 77.1 Å². The van der Waals surface area contributed by atoms with Gasteiger partial charge in [-0.05, 0) is 13.8 Å². The van der Waals surface area contributed by atoms with Crippen molar-refractivity contribution in [3.63, 3.8) is 0 Å². The average molecular weight is 212 g/mol. The number of carbonyl (C=O) groups excluding carboxylic acids is 1. The number of rotatable bonds is 2. The van der Waals surface area contributed by atoms with Gasteiger partial charge >= 0.3 is 14.6 Å². The van der Waals surface area contributed by atoms with E-state index in [2.05, 4.69) is 11.3 Å². The zero-order chi connectivity index (χ0) is 11.0. The van der Waals surface area contributed by atoms with Crippen molar-refractivity contribution < 1.29 is 29.3 Å². The Hall–Kier alpha value is -0.520. The zero-order valence-corrected chi connectivity index (χ0v) is 8.23. The molecule has 0 spiro atoms. The van der Waals surface area contributed by atoms with E-state index >= 15 is 0 Å². The molecule has 0 bridgehead atoms. The highest BCUT2D eigenvalue weighted by molar-refractivity contribution is 7.38. The third-order valence-electron chi connectivity index (χ3n) is 0.626. The van der Waals surface area contributed by atoms with Crippen molar-refractivity contribution in [3.05, 3.63) is 12.2 Å². The maximum absolute atomic E-state index is 10.5. The van der Waals surface area contributed by atoms with E-state index in [4.69, 9.17) is 19.8 Å². The minimum atomic E-state index is -2.62. The van der Waals surface area contributed by atoms with Gasteiger partial charge in [0.05, 0.1) is 0 Å². The van der Waals surface area contributed by atoms with E-state index in [0.29, 0.717) is 0 Å². The van der Waals surface area contributed by atoms with Gasteiger partial charge in [0.15, 0.2) is 6.29 Å². The van der Waals surface area contributed by atoms with Crippen LogP contribution in [0.4, 0.5) is 0 Å². The normalized spacial score (nSPS) is 11.3. The van der Waals surface area contributed by atoms with Gasteiger partial charge in [-0.25, -0.2) is 4.79 Å². The molecule has 0 aliphatic carbocycles. The van der Waals surface area contributed by atoms with Gasteiger partial charge in [-0.1, -0.05) is 6.58 Å². The minimum Gasteiger partial charge on any atom is -0.433 e. The van der Waals surface area contributed by atoms with Gasteiger partial charge in [-0.15, -0.1) is 0 Å². The topological polar surface area (TPSA) is 107 Å². The van der Waals surface area contributed by atoms with Crippen molar-refractivity contribution in [3.8, 4) is 0 Å². The number of aliphatic hydroxyl groups is 1. The molecule has 0 rings (SSSR count). The summed E-state index contributed by atoms with van der Waals surface area (Å²) in [5, 5.41) is 8.49. The summed E-state index contributed by atoms with van der Waals surface area (Å²) >= 11 is 0. The van der Waals surface area contributed by atoms with Crippen molar-refractivity contribution in [2.45, 2.75) is 20.1 Å². The zero-order valence-electron chi connectivity index (χ0n) is 7.34. The fraction of sp³-hybridized carbons (Fsp3) is 0.500. The smallest absolute Gasteiger partial charge is 0.335 e. The summed E-state index contributed by atoms with van der Waals surface area (Å²) in [4.78, 5) is 32.2. The maximum atomic E-state index is 10.5. The van der Waals surface area contributed by atoms with E-state index < -0.39 is 20.9 Å². The summed E-state index contributed by atoms with van der Waals surface area (Å²) in [6, 6.07) is 0. The quantitative estimate of drug-likeness (QED) is 0.215. The van der Waals surface area contributed by atoms with Crippen LogP contribution in [0.3, 0.4) is 0 Å². The van der Waals surface area contributed by atoms with E-state index in [1.807, 2.05) is 0 Å². The van der Waals surface area contributed by atoms with Gasteiger partial charge < -0.3 is 24.5 Å². The molecule has 13 heavy (non-hydrogen) atoms. The lowest BCUT2D eigenvalue weighted by Crippen LogP contribution is -2.13. The summed E-state index contributed by atoms with van der Waals surface area (Å²) in [7, 11) is -2.62. The van der Waals surface area contributed by atoms with E-state index in [1.54, 1.807) is 0 Å². The first-order valence-corrected chi connectivity index (χ1v) is 4.38. The summed E-state index contributed by atoms with van der Waals surface area (Å²) in [5.74, 6) is -0.565. The van der Waals surface area contributed by atoms with Crippen molar-refractivity contribution in [2.24, 2.45) is 0 Å². The number of hydrogen-bond donors (Lipinski definition) is 4. The van der Waals surface area contributed by atoms with E-state index in [9.17, 15) is 4.79 Å². The number of hydrogen-bond acceptors (Lipinski definition) is 6. The lowest BCUT2D eigenvalue weighted by atomic mass is 10.4. The lowest BCUT2D eigenvalue weighted by molar-refractivity contribution is -0.159. The predicted octanol–water partition coefficient (Wildman–Crippen LogP) is -0.366. The van der Waals surface area contributed by atoms with Crippen molar-refractivity contribution in [1.82, 2.24) is 0 Å². The number of esters is 1. The van der Waals surface area contributed by atoms with Crippen LogP contribution in [0.1, 0.15) is 13.8 Å². The maximum Gasteiger partial charge on any atom is 0.335 e. The average Bonchev–Trinajstić information content (AvgIpc) is 1.83. The van der Waals surface area contributed by atoms with E-state index in [-0.39, 0.29) is 5.57 Å². The molecular formula is C6H13O6P. The lowest BCUT2D eigenvalue weighted by Gasteiger charge is -2.04. The SMILES string of the molecule is C=C(C)C(=O)OC(C)O.OP(O)O. The third kappa shape index (κ3) is 18.4. The van der Waals surface area contributed by atoms with E-state index in [0.717, 1.165) is 0 Å². The van der Waals surface area contributed by atoms with E-state index in [1.165, 1.54) is 13.8 Å². The molecule has 7 heteroatoms. The van der Waals surface area contributed by atoms with Gasteiger partial charge in [-0.3, -0.25) is 0 Å². The largest absolute Gasteiger partial charge is 0.433 e. The molecule has 0 aliphatic heterocycles.